The molecule has 0 aliphatic heterocycles. The Bertz CT molecular complexity index is 4490. The average molecular weight is 1030 g/mol. The first-order chi connectivity index (χ1) is 39.2. The van der Waals surface area contributed by atoms with Gasteiger partial charge in [0.1, 0.15) is 0 Å². The van der Waals surface area contributed by atoms with Gasteiger partial charge in [0, 0.05) is 53.9 Å². The molecule has 1 heterocycles. The summed E-state index contributed by atoms with van der Waals surface area (Å²) in [6.07, 6.45) is 0. The summed E-state index contributed by atoms with van der Waals surface area (Å²) in [6.45, 7) is 0. The van der Waals surface area contributed by atoms with E-state index in [2.05, 4.69) is 325 Å². The third kappa shape index (κ3) is 9.12. The fourth-order valence-corrected chi connectivity index (χ4v) is 12.7. The number of para-hydroxylation sites is 3. The van der Waals surface area contributed by atoms with Crippen molar-refractivity contribution >= 4 is 76.4 Å². The molecular formula is C76H52N2S. The van der Waals surface area contributed by atoms with E-state index in [4.69, 9.17) is 0 Å². The molecule has 0 aliphatic rings. The maximum Gasteiger partial charge on any atom is 0.0541 e. The van der Waals surface area contributed by atoms with Crippen LogP contribution in [0.2, 0.25) is 0 Å². The van der Waals surface area contributed by atoms with Gasteiger partial charge in [-0.2, -0.15) is 0 Å². The molecule has 0 unspecified atom stereocenters. The third-order valence-electron chi connectivity index (χ3n) is 15.2. The first-order valence-corrected chi connectivity index (χ1v) is 27.8. The van der Waals surface area contributed by atoms with E-state index < -0.39 is 0 Å². The molecule has 0 amide bonds. The number of hydrogen-bond acceptors (Lipinski definition) is 3. The number of anilines is 6. The standard InChI is InChI=1S/C76H52N2S/c1-4-22-53(23-5-1)57-30-20-32-63(48-57)77(64-33-21-31-61(49-64)66-35-13-12-34-65(66)55-24-6-2-7-25-55)73-40-18-15-37-68(73)69-38-16-19-41-74(69)78(72-39-17-14-36-67(72)56-26-8-3-9-27-56)62-45-42-54(43-46-62)60-44-47-70-71-50-58-28-10-11-29-59(58)51-76(71)79-75(70)52-60/h1-52H. The van der Waals surface area contributed by atoms with Gasteiger partial charge in [0.25, 0.3) is 0 Å². The van der Waals surface area contributed by atoms with E-state index in [1.54, 1.807) is 0 Å². The number of fused-ring (bicyclic) bond motifs is 4. The van der Waals surface area contributed by atoms with Gasteiger partial charge < -0.3 is 9.80 Å². The lowest BCUT2D eigenvalue weighted by Gasteiger charge is -2.32. The van der Waals surface area contributed by atoms with Crippen molar-refractivity contribution in [3.05, 3.63) is 315 Å². The number of rotatable bonds is 12. The first-order valence-electron chi connectivity index (χ1n) is 27.0. The summed E-state index contributed by atoms with van der Waals surface area (Å²) in [5.41, 5.74) is 20.3. The van der Waals surface area contributed by atoms with Gasteiger partial charge in [-0.3, -0.25) is 0 Å². The minimum atomic E-state index is 1.06. The van der Waals surface area contributed by atoms with Crippen molar-refractivity contribution in [1.82, 2.24) is 0 Å². The normalized spacial score (nSPS) is 11.3. The van der Waals surface area contributed by atoms with Gasteiger partial charge >= 0.3 is 0 Å². The fourth-order valence-electron chi connectivity index (χ4n) is 11.5. The maximum absolute atomic E-state index is 2.46. The molecule has 14 aromatic rings. The summed E-state index contributed by atoms with van der Waals surface area (Å²) in [7, 11) is 0. The van der Waals surface area contributed by atoms with Crippen LogP contribution in [0.1, 0.15) is 0 Å². The van der Waals surface area contributed by atoms with Gasteiger partial charge in [0.05, 0.1) is 17.1 Å². The SMILES string of the molecule is c1ccc(-c2cccc(N(c3cccc(-c4ccccc4-c4ccccc4)c3)c3ccccc3-c3ccccc3N(c3ccc(-c4ccc5c(c4)sc4cc6ccccc6cc45)cc3)c3ccccc3-c3ccccc3)c2)cc1. The minimum absolute atomic E-state index is 1.06. The molecule has 0 saturated heterocycles. The molecule has 0 saturated carbocycles. The Morgan fingerprint density at radius 1 is 0.203 bits per heavy atom. The highest BCUT2D eigenvalue weighted by atomic mass is 32.1. The van der Waals surface area contributed by atoms with E-state index in [-0.39, 0.29) is 0 Å². The van der Waals surface area contributed by atoms with Crippen LogP contribution in [0.25, 0.3) is 97.7 Å². The van der Waals surface area contributed by atoms with E-state index >= 15 is 0 Å². The Balaban J connectivity index is 0.928. The lowest BCUT2D eigenvalue weighted by atomic mass is 9.94. The van der Waals surface area contributed by atoms with E-state index in [1.807, 2.05) is 11.3 Å². The third-order valence-corrected chi connectivity index (χ3v) is 16.4. The van der Waals surface area contributed by atoms with Gasteiger partial charge in [0.15, 0.2) is 0 Å². The molecule has 3 heteroatoms. The highest BCUT2D eigenvalue weighted by molar-refractivity contribution is 7.25. The second-order valence-electron chi connectivity index (χ2n) is 20.0. The molecule has 0 bridgehead atoms. The summed E-state index contributed by atoms with van der Waals surface area (Å²) in [6, 6.07) is 115. The Morgan fingerprint density at radius 2 is 0.608 bits per heavy atom. The smallest absolute Gasteiger partial charge is 0.0541 e. The molecule has 79 heavy (non-hydrogen) atoms. The number of hydrogen-bond donors (Lipinski definition) is 0. The van der Waals surface area contributed by atoms with Crippen LogP contribution in [-0.4, -0.2) is 0 Å². The molecule has 1 aromatic heterocycles. The van der Waals surface area contributed by atoms with Crippen molar-refractivity contribution in [2.75, 3.05) is 9.80 Å². The van der Waals surface area contributed by atoms with E-state index in [0.29, 0.717) is 0 Å². The van der Waals surface area contributed by atoms with E-state index in [9.17, 15) is 0 Å². The Labute approximate surface area is 465 Å². The molecule has 13 aromatic carbocycles. The zero-order valence-corrected chi connectivity index (χ0v) is 44.1. The second kappa shape index (κ2) is 20.8. The van der Waals surface area contributed by atoms with Gasteiger partial charge in [-0.1, -0.05) is 243 Å². The van der Waals surface area contributed by atoms with Crippen LogP contribution in [0, 0.1) is 0 Å². The van der Waals surface area contributed by atoms with E-state index in [1.165, 1.54) is 64.3 Å². The number of benzene rings is 13. The largest absolute Gasteiger partial charge is 0.310 e. The van der Waals surface area contributed by atoms with Crippen LogP contribution in [0.15, 0.2) is 315 Å². The molecule has 372 valence electrons. The quantitative estimate of drug-likeness (QED) is 0.120. The van der Waals surface area contributed by atoms with Crippen molar-refractivity contribution < 1.29 is 0 Å². The zero-order valence-electron chi connectivity index (χ0n) is 43.3. The van der Waals surface area contributed by atoms with Crippen molar-refractivity contribution in [3.8, 4) is 66.8 Å². The second-order valence-corrected chi connectivity index (χ2v) is 21.1. The van der Waals surface area contributed by atoms with Crippen LogP contribution < -0.4 is 9.80 Å². The predicted octanol–water partition coefficient (Wildman–Crippen LogP) is 22.1. The Kier molecular flexibility index (Phi) is 12.5. The summed E-state index contributed by atoms with van der Waals surface area (Å²) in [4.78, 5) is 4.90. The van der Waals surface area contributed by atoms with Crippen LogP contribution >= 0.6 is 11.3 Å². The fraction of sp³-hybridized carbons (Fsp3) is 0. The van der Waals surface area contributed by atoms with Crippen molar-refractivity contribution in [3.63, 3.8) is 0 Å². The molecule has 0 radical (unpaired) electrons. The number of thiophene rings is 1. The average Bonchev–Trinajstić information content (AvgIpc) is 3.95. The summed E-state index contributed by atoms with van der Waals surface area (Å²) in [5.74, 6) is 0. The van der Waals surface area contributed by atoms with Crippen molar-refractivity contribution in [2.45, 2.75) is 0 Å². The van der Waals surface area contributed by atoms with Crippen LogP contribution in [-0.2, 0) is 0 Å². The van der Waals surface area contributed by atoms with E-state index in [0.717, 1.165) is 67.5 Å². The lowest BCUT2D eigenvalue weighted by Crippen LogP contribution is -2.14. The van der Waals surface area contributed by atoms with Crippen LogP contribution in [0.5, 0.6) is 0 Å². The van der Waals surface area contributed by atoms with Crippen LogP contribution in [0.4, 0.5) is 34.1 Å². The minimum Gasteiger partial charge on any atom is -0.310 e. The molecule has 0 N–H and O–H groups in total. The molecule has 0 atom stereocenters. The summed E-state index contributed by atoms with van der Waals surface area (Å²) >= 11 is 1.87. The summed E-state index contributed by atoms with van der Waals surface area (Å²) in [5, 5.41) is 5.17. The lowest BCUT2D eigenvalue weighted by molar-refractivity contribution is 1.27. The van der Waals surface area contributed by atoms with Gasteiger partial charge in [-0.15, -0.1) is 11.3 Å². The highest BCUT2D eigenvalue weighted by Crippen LogP contribution is 2.50. The van der Waals surface area contributed by atoms with Gasteiger partial charge in [0.2, 0.25) is 0 Å². The van der Waals surface area contributed by atoms with Crippen LogP contribution in [0.3, 0.4) is 0 Å². The Morgan fingerprint density at radius 3 is 1.24 bits per heavy atom. The topological polar surface area (TPSA) is 6.48 Å². The molecule has 14 rings (SSSR count). The monoisotopic (exact) mass is 1020 g/mol. The first kappa shape index (κ1) is 47.4. The highest BCUT2D eigenvalue weighted by Gasteiger charge is 2.25. The summed E-state index contributed by atoms with van der Waals surface area (Å²) < 4.78 is 2.61. The predicted molar refractivity (Wildman–Crippen MR) is 339 cm³/mol. The Hall–Kier alpha value is -10.1. The maximum atomic E-state index is 2.46. The molecule has 0 spiro atoms. The van der Waals surface area contributed by atoms with Crippen molar-refractivity contribution in [2.24, 2.45) is 0 Å². The number of nitrogens with zero attached hydrogens (tertiary/aromatic N) is 2. The molecule has 2 nitrogen and oxygen atoms in total. The van der Waals surface area contributed by atoms with Gasteiger partial charge in [-0.05, 0) is 134 Å². The molecular weight excluding hydrogens is 973 g/mol. The zero-order chi connectivity index (χ0) is 52.5. The van der Waals surface area contributed by atoms with Crippen molar-refractivity contribution in [1.29, 1.82) is 0 Å². The molecule has 0 aliphatic carbocycles. The molecule has 0 fully saturated rings. The van der Waals surface area contributed by atoms with Gasteiger partial charge in [-0.25, -0.2) is 0 Å².